The maximum absolute atomic E-state index is 10.4. The molecule has 0 aromatic rings. The van der Waals surface area contributed by atoms with Gasteiger partial charge in [0.25, 0.3) is 0 Å². The Labute approximate surface area is 135 Å². The minimum absolute atomic E-state index is 0.247. The first kappa shape index (κ1) is 21.1. The van der Waals surface area contributed by atoms with Gasteiger partial charge >= 0.3 is 5.97 Å². The molecule has 0 aromatic carbocycles. The Kier molecular flexibility index (Phi) is 15.8. The highest BCUT2D eigenvalue weighted by Crippen LogP contribution is 2.12. The van der Waals surface area contributed by atoms with Gasteiger partial charge in [0.15, 0.2) is 6.10 Å². The Morgan fingerprint density at radius 1 is 0.773 bits per heavy atom. The zero-order chi connectivity index (χ0) is 16.5. The molecule has 1 unspecified atom stereocenters. The summed E-state index contributed by atoms with van der Waals surface area (Å²) in [7, 11) is 0. The molecule has 0 radical (unpaired) electrons. The van der Waals surface area contributed by atoms with Crippen LogP contribution in [0, 0.1) is 0 Å². The smallest absolute Gasteiger partial charge is 0.332 e. The van der Waals surface area contributed by atoms with Crippen molar-refractivity contribution in [1.82, 2.24) is 0 Å². The lowest BCUT2D eigenvalue weighted by Crippen LogP contribution is -2.18. The van der Waals surface area contributed by atoms with Crippen LogP contribution in [0.5, 0.6) is 0 Å². The third-order valence-electron chi connectivity index (χ3n) is 3.85. The van der Waals surface area contributed by atoms with Gasteiger partial charge in [-0.2, -0.15) is 0 Å². The first-order chi connectivity index (χ1) is 10.7. The molecule has 0 amide bonds. The Morgan fingerprint density at radius 3 is 1.73 bits per heavy atom. The van der Waals surface area contributed by atoms with Crippen molar-refractivity contribution in [3.8, 4) is 0 Å². The average Bonchev–Trinajstić information content (AvgIpc) is 2.50. The van der Waals surface area contributed by atoms with E-state index in [4.69, 9.17) is 15.3 Å². The summed E-state index contributed by atoms with van der Waals surface area (Å²) in [6.45, 7) is 0.247. The maximum Gasteiger partial charge on any atom is 0.332 e. The standard InChI is InChI=1S/C18H34O4/c19-16-14-12-10-8-6-4-2-1-3-5-7-9-11-13-15-17(20)18(21)22/h10,12,17,19-20H,1-9,11,13-16H2,(H,21,22)/b12-10-. The van der Waals surface area contributed by atoms with Crippen LogP contribution in [0.2, 0.25) is 0 Å². The lowest BCUT2D eigenvalue weighted by Gasteiger charge is -2.05. The molecule has 4 heteroatoms. The Morgan fingerprint density at radius 2 is 1.23 bits per heavy atom. The third kappa shape index (κ3) is 15.5. The first-order valence-corrected chi connectivity index (χ1v) is 8.85. The van der Waals surface area contributed by atoms with Gasteiger partial charge in [0, 0.05) is 6.61 Å². The van der Waals surface area contributed by atoms with E-state index in [-0.39, 0.29) is 6.61 Å². The SMILES string of the molecule is O=C(O)C(O)CCCCCCCCCCCC/C=C\CCO. The Bertz CT molecular complexity index is 276. The summed E-state index contributed by atoms with van der Waals surface area (Å²) in [6.07, 6.45) is 17.2. The number of rotatable bonds is 16. The summed E-state index contributed by atoms with van der Waals surface area (Å²) >= 11 is 0. The number of hydrogen-bond acceptors (Lipinski definition) is 3. The van der Waals surface area contributed by atoms with E-state index in [2.05, 4.69) is 12.2 Å². The average molecular weight is 314 g/mol. The molecule has 0 fully saturated rings. The monoisotopic (exact) mass is 314 g/mol. The summed E-state index contributed by atoms with van der Waals surface area (Å²) in [6, 6.07) is 0. The first-order valence-electron chi connectivity index (χ1n) is 8.85. The molecule has 0 rings (SSSR count). The molecule has 22 heavy (non-hydrogen) atoms. The van der Waals surface area contributed by atoms with Gasteiger partial charge in [0.2, 0.25) is 0 Å². The number of carbonyl (C=O) groups is 1. The second kappa shape index (κ2) is 16.5. The van der Waals surface area contributed by atoms with Crippen LogP contribution in [0.3, 0.4) is 0 Å². The van der Waals surface area contributed by atoms with Crippen molar-refractivity contribution in [2.75, 3.05) is 6.61 Å². The van der Waals surface area contributed by atoms with Crippen LogP contribution in [0.25, 0.3) is 0 Å². The van der Waals surface area contributed by atoms with Crippen LogP contribution in [0.4, 0.5) is 0 Å². The van der Waals surface area contributed by atoms with Gasteiger partial charge < -0.3 is 15.3 Å². The third-order valence-corrected chi connectivity index (χ3v) is 3.85. The van der Waals surface area contributed by atoms with E-state index in [1.165, 1.54) is 44.9 Å². The van der Waals surface area contributed by atoms with E-state index in [9.17, 15) is 4.79 Å². The van der Waals surface area contributed by atoms with Crippen molar-refractivity contribution < 1.29 is 20.1 Å². The number of aliphatic hydroxyl groups is 2. The van der Waals surface area contributed by atoms with Crippen LogP contribution < -0.4 is 0 Å². The molecule has 3 N–H and O–H groups in total. The van der Waals surface area contributed by atoms with Gasteiger partial charge in [-0.1, -0.05) is 69.9 Å². The predicted octanol–water partition coefficient (Wildman–Crippen LogP) is 4.05. The van der Waals surface area contributed by atoms with Gasteiger partial charge in [-0.15, -0.1) is 0 Å². The van der Waals surface area contributed by atoms with Gasteiger partial charge in [-0.3, -0.25) is 0 Å². The van der Waals surface area contributed by atoms with Crippen molar-refractivity contribution in [2.24, 2.45) is 0 Å². The van der Waals surface area contributed by atoms with Crippen LogP contribution in [0.1, 0.15) is 83.5 Å². The van der Waals surface area contributed by atoms with Crippen molar-refractivity contribution in [2.45, 2.75) is 89.6 Å². The topological polar surface area (TPSA) is 77.8 Å². The zero-order valence-corrected chi connectivity index (χ0v) is 13.9. The summed E-state index contributed by atoms with van der Waals surface area (Å²) in [5.41, 5.74) is 0. The second-order valence-corrected chi connectivity index (χ2v) is 5.95. The lowest BCUT2D eigenvalue weighted by atomic mass is 10.0. The fraction of sp³-hybridized carbons (Fsp3) is 0.833. The van der Waals surface area contributed by atoms with E-state index in [1.54, 1.807) is 0 Å². The highest BCUT2D eigenvalue weighted by atomic mass is 16.4. The van der Waals surface area contributed by atoms with Crippen LogP contribution >= 0.6 is 0 Å². The van der Waals surface area contributed by atoms with Crippen molar-refractivity contribution in [3.05, 3.63) is 12.2 Å². The molecule has 1 atom stereocenters. The molecule has 0 aliphatic carbocycles. The molecule has 0 aromatic heterocycles. The number of aliphatic carboxylic acids is 1. The van der Waals surface area contributed by atoms with Gasteiger partial charge in [-0.05, 0) is 25.7 Å². The summed E-state index contributed by atoms with van der Waals surface area (Å²) in [5.74, 6) is -1.11. The van der Waals surface area contributed by atoms with Crippen molar-refractivity contribution in [1.29, 1.82) is 0 Å². The molecular formula is C18H34O4. The quantitative estimate of drug-likeness (QED) is 0.297. The minimum atomic E-state index is -1.18. The molecule has 0 heterocycles. The molecule has 0 aliphatic heterocycles. The molecule has 0 aliphatic rings. The van der Waals surface area contributed by atoms with Gasteiger partial charge in [0.1, 0.15) is 0 Å². The second-order valence-electron chi connectivity index (χ2n) is 5.95. The summed E-state index contributed by atoms with van der Waals surface area (Å²) < 4.78 is 0. The molecule has 130 valence electrons. The molecule has 0 saturated carbocycles. The fourth-order valence-corrected chi connectivity index (χ4v) is 2.45. The maximum atomic E-state index is 10.4. The number of carboxylic acids is 1. The van der Waals surface area contributed by atoms with E-state index in [1.807, 2.05) is 0 Å². The normalized spacial score (nSPS) is 12.8. The van der Waals surface area contributed by atoms with E-state index in [0.717, 1.165) is 32.1 Å². The molecule has 4 nitrogen and oxygen atoms in total. The fourth-order valence-electron chi connectivity index (χ4n) is 2.45. The van der Waals surface area contributed by atoms with Crippen molar-refractivity contribution >= 4 is 5.97 Å². The van der Waals surface area contributed by atoms with E-state index >= 15 is 0 Å². The molecular weight excluding hydrogens is 280 g/mol. The lowest BCUT2D eigenvalue weighted by molar-refractivity contribution is -0.146. The van der Waals surface area contributed by atoms with E-state index < -0.39 is 12.1 Å². The van der Waals surface area contributed by atoms with Crippen LogP contribution in [-0.4, -0.2) is 34.0 Å². The Balaban J connectivity index is 3.10. The predicted molar refractivity (Wildman–Crippen MR) is 89.9 cm³/mol. The Hall–Kier alpha value is -0.870. The number of aliphatic hydroxyl groups excluding tert-OH is 2. The largest absolute Gasteiger partial charge is 0.479 e. The van der Waals surface area contributed by atoms with Gasteiger partial charge in [-0.25, -0.2) is 4.79 Å². The molecule has 0 bridgehead atoms. The summed E-state index contributed by atoms with van der Waals surface area (Å²) in [5, 5.41) is 26.3. The van der Waals surface area contributed by atoms with Gasteiger partial charge in [0.05, 0.1) is 0 Å². The molecule has 0 saturated heterocycles. The summed E-state index contributed by atoms with van der Waals surface area (Å²) in [4.78, 5) is 10.4. The van der Waals surface area contributed by atoms with E-state index in [0.29, 0.717) is 6.42 Å². The molecule has 0 spiro atoms. The number of hydrogen-bond donors (Lipinski definition) is 3. The zero-order valence-electron chi connectivity index (χ0n) is 13.9. The minimum Gasteiger partial charge on any atom is -0.479 e. The number of allylic oxidation sites excluding steroid dienone is 1. The highest BCUT2D eigenvalue weighted by Gasteiger charge is 2.11. The number of carboxylic acid groups (broad SMARTS) is 1. The highest BCUT2D eigenvalue weighted by molar-refractivity contribution is 5.71. The van der Waals surface area contributed by atoms with Crippen LogP contribution in [-0.2, 0) is 4.79 Å². The van der Waals surface area contributed by atoms with Crippen molar-refractivity contribution in [3.63, 3.8) is 0 Å². The number of unbranched alkanes of at least 4 members (excludes halogenated alkanes) is 10. The van der Waals surface area contributed by atoms with Crippen LogP contribution in [0.15, 0.2) is 12.2 Å².